The Balaban J connectivity index is 2.40. The lowest BCUT2D eigenvalue weighted by atomic mass is 9.94. The van der Waals surface area contributed by atoms with E-state index in [0.717, 1.165) is 32.4 Å². The lowest BCUT2D eigenvalue weighted by Gasteiger charge is -2.38. The molecular formula is C11H23NO2. The average Bonchev–Trinajstić information content (AvgIpc) is 2.21. The Morgan fingerprint density at radius 2 is 2.14 bits per heavy atom. The number of hydrogen-bond donors (Lipinski definition) is 2. The second kappa shape index (κ2) is 5.69. The van der Waals surface area contributed by atoms with E-state index in [0.29, 0.717) is 12.0 Å². The fourth-order valence-electron chi connectivity index (χ4n) is 2.07. The van der Waals surface area contributed by atoms with Crippen molar-refractivity contribution in [2.75, 3.05) is 19.7 Å². The Hall–Kier alpha value is -0.120. The van der Waals surface area contributed by atoms with E-state index in [1.165, 1.54) is 0 Å². The van der Waals surface area contributed by atoms with E-state index >= 15 is 0 Å². The molecule has 1 saturated heterocycles. The summed E-state index contributed by atoms with van der Waals surface area (Å²) < 4.78 is 0. The summed E-state index contributed by atoms with van der Waals surface area (Å²) in [7, 11) is 0. The van der Waals surface area contributed by atoms with E-state index in [-0.39, 0.29) is 12.7 Å². The first-order chi connectivity index (χ1) is 6.67. The van der Waals surface area contributed by atoms with Crippen LogP contribution in [-0.4, -0.2) is 47.0 Å². The minimum atomic E-state index is -0.213. The number of rotatable bonds is 4. The Bertz CT molecular complexity index is 161. The van der Waals surface area contributed by atoms with Crippen molar-refractivity contribution in [1.82, 2.24) is 4.90 Å². The molecule has 84 valence electrons. The fraction of sp³-hybridized carbons (Fsp3) is 1.00. The summed E-state index contributed by atoms with van der Waals surface area (Å²) >= 11 is 0. The highest BCUT2D eigenvalue weighted by Gasteiger charge is 2.25. The highest BCUT2D eigenvalue weighted by molar-refractivity contribution is 4.79. The zero-order valence-electron chi connectivity index (χ0n) is 9.32. The third-order valence-electron chi connectivity index (χ3n) is 3.28. The molecule has 3 atom stereocenters. The van der Waals surface area contributed by atoms with Gasteiger partial charge in [0.25, 0.3) is 0 Å². The molecule has 0 radical (unpaired) electrons. The molecule has 1 aliphatic rings. The van der Waals surface area contributed by atoms with Gasteiger partial charge in [-0.1, -0.05) is 6.92 Å². The zero-order valence-corrected chi connectivity index (χ0v) is 9.32. The molecule has 3 nitrogen and oxygen atoms in total. The molecule has 0 aromatic rings. The SMILES string of the molecule is CC[C@H](O)CN1C[C@H](CO)CC[C@@H]1C. The number of aliphatic hydroxyl groups excluding tert-OH is 2. The molecule has 2 N–H and O–H groups in total. The van der Waals surface area contributed by atoms with E-state index in [1.807, 2.05) is 6.92 Å². The van der Waals surface area contributed by atoms with Crippen LogP contribution < -0.4 is 0 Å². The number of likely N-dealkylation sites (tertiary alicyclic amines) is 1. The molecule has 0 spiro atoms. The van der Waals surface area contributed by atoms with Gasteiger partial charge >= 0.3 is 0 Å². The standard InChI is InChI=1S/C11H23NO2/c1-3-11(14)7-12-6-10(8-13)5-4-9(12)2/h9-11,13-14H,3-8H2,1-2H3/t9-,10+,11-/m0/s1. The second-order valence-corrected chi connectivity index (χ2v) is 4.49. The van der Waals surface area contributed by atoms with Crippen molar-refractivity contribution in [2.24, 2.45) is 5.92 Å². The third kappa shape index (κ3) is 3.23. The van der Waals surface area contributed by atoms with Crippen molar-refractivity contribution in [3.63, 3.8) is 0 Å². The number of nitrogens with zero attached hydrogens (tertiary/aromatic N) is 1. The summed E-state index contributed by atoms with van der Waals surface area (Å²) in [6.07, 6.45) is 2.86. The molecule has 0 unspecified atom stereocenters. The summed E-state index contributed by atoms with van der Waals surface area (Å²) in [6, 6.07) is 0.555. The molecule has 14 heavy (non-hydrogen) atoms. The smallest absolute Gasteiger partial charge is 0.0664 e. The van der Waals surface area contributed by atoms with Crippen molar-refractivity contribution >= 4 is 0 Å². The first-order valence-corrected chi connectivity index (χ1v) is 5.70. The molecule has 0 aromatic heterocycles. The first kappa shape index (κ1) is 12.0. The van der Waals surface area contributed by atoms with Gasteiger partial charge < -0.3 is 10.2 Å². The maximum absolute atomic E-state index is 9.58. The Morgan fingerprint density at radius 1 is 1.43 bits per heavy atom. The highest BCUT2D eigenvalue weighted by atomic mass is 16.3. The van der Waals surface area contributed by atoms with Gasteiger partial charge in [0.2, 0.25) is 0 Å². The lowest BCUT2D eigenvalue weighted by Crippen LogP contribution is -2.46. The van der Waals surface area contributed by atoms with Crippen molar-refractivity contribution in [2.45, 2.75) is 45.3 Å². The largest absolute Gasteiger partial charge is 0.396 e. The Morgan fingerprint density at radius 3 is 2.71 bits per heavy atom. The summed E-state index contributed by atoms with van der Waals surface area (Å²) in [5, 5.41) is 18.7. The van der Waals surface area contributed by atoms with Crippen LogP contribution in [0, 0.1) is 5.92 Å². The summed E-state index contributed by atoms with van der Waals surface area (Å²) in [6.45, 7) is 6.19. The fourth-order valence-corrected chi connectivity index (χ4v) is 2.07. The monoisotopic (exact) mass is 201 g/mol. The molecule has 0 saturated carbocycles. The van der Waals surface area contributed by atoms with E-state index in [2.05, 4.69) is 11.8 Å². The number of β-amino-alcohol motifs (C(OH)–C–C–N with tert-alkyl or cyclic N) is 1. The molecule has 1 aliphatic heterocycles. The van der Waals surface area contributed by atoms with Crippen molar-refractivity contribution in [3.05, 3.63) is 0 Å². The summed E-state index contributed by atoms with van der Waals surface area (Å²) in [5.41, 5.74) is 0. The van der Waals surface area contributed by atoms with Crippen LogP contribution in [0.4, 0.5) is 0 Å². The predicted molar refractivity (Wildman–Crippen MR) is 57.1 cm³/mol. The van der Waals surface area contributed by atoms with Gasteiger partial charge in [-0.2, -0.15) is 0 Å². The van der Waals surface area contributed by atoms with E-state index < -0.39 is 0 Å². The van der Waals surface area contributed by atoms with Crippen LogP contribution in [-0.2, 0) is 0 Å². The van der Waals surface area contributed by atoms with Gasteiger partial charge in [0.1, 0.15) is 0 Å². The number of aliphatic hydroxyl groups is 2. The van der Waals surface area contributed by atoms with Crippen LogP contribution >= 0.6 is 0 Å². The van der Waals surface area contributed by atoms with Gasteiger partial charge in [-0.25, -0.2) is 0 Å². The highest BCUT2D eigenvalue weighted by Crippen LogP contribution is 2.21. The quantitative estimate of drug-likeness (QED) is 0.708. The van der Waals surface area contributed by atoms with Gasteiger partial charge in [0.15, 0.2) is 0 Å². The summed E-state index contributed by atoms with van der Waals surface area (Å²) in [5.74, 6) is 0.412. The minimum absolute atomic E-state index is 0.213. The van der Waals surface area contributed by atoms with Gasteiger partial charge in [0, 0.05) is 25.7 Å². The molecular weight excluding hydrogens is 178 g/mol. The number of piperidine rings is 1. The first-order valence-electron chi connectivity index (χ1n) is 5.70. The normalized spacial score (nSPS) is 31.7. The van der Waals surface area contributed by atoms with E-state index in [4.69, 9.17) is 5.11 Å². The molecule has 3 heteroatoms. The topological polar surface area (TPSA) is 43.7 Å². The van der Waals surface area contributed by atoms with Crippen LogP contribution in [0.3, 0.4) is 0 Å². The van der Waals surface area contributed by atoms with Gasteiger partial charge in [-0.15, -0.1) is 0 Å². The maximum atomic E-state index is 9.58. The molecule has 1 rings (SSSR count). The zero-order chi connectivity index (χ0) is 10.6. The molecule has 1 heterocycles. The van der Waals surface area contributed by atoms with Gasteiger partial charge in [-0.3, -0.25) is 4.90 Å². The van der Waals surface area contributed by atoms with E-state index in [1.54, 1.807) is 0 Å². The molecule has 0 aliphatic carbocycles. The number of hydrogen-bond acceptors (Lipinski definition) is 3. The lowest BCUT2D eigenvalue weighted by molar-refractivity contribution is 0.0376. The molecule has 0 aromatic carbocycles. The Labute approximate surface area is 86.7 Å². The Kier molecular flexibility index (Phi) is 4.85. The van der Waals surface area contributed by atoms with Crippen LogP contribution in [0.25, 0.3) is 0 Å². The predicted octanol–water partition coefficient (Wildman–Crippen LogP) is 0.850. The molecule has 0 amide bonds. The van der Waals surface area contributed by atoms with Crippen molar-refractivity contribution in [1.29, 1.82) is 0 Å². The summed E-state index contributed by atoms with van der Waals surface area (Å²) in [4.78, 5) is 2.30. The van der Waals surface area contributed by atoms with Crippen LogP contribution in [0.15, 0.2) is 0 Å². The van der Waals surface area contributed by atoms with Crippen molar-refractivity contribution < 1.29 is 10.2 Å². The molecule has 0 bridgehead atoms. The van der Waals surface area contributed by atoms with Crippen LogP contribution in [0.1, 0.15) is 33.1 Å². The van der Waals surface area contributed by atoms with E-state index in [9.17, 15) is 5.11 Å². The van der Waals surface area contributed by atoms with Gasteiger partial charge in [-0.05, 0) is 32.1 Å². The average molecular weight is 201 g/mol. The van der Waals surface area contributed by atoms with Gasteiger partial charge in [0.05, 0.1) is 6.10 Å². The minimum Gasteiger partial charge on any atom is -0.396 e. The maximum Gasteiger partial charge on any atom is 0.0664 e. The second-order valence-electron chi connectivity index (χ2n) is 4.49. The third-order valence-corrected chi connectivity index (χ3v) is 3.28. The van der Waals surface area contributed by atoms with Crippen LogP contribution in [0.5, 0.6) is 0 Å². The molecule has 1 fully saturated rings. The van der Waals surface area contributed by atoms with Crippen molar-refractivity contribution in [3.8, 4) is 0 Å². The van der Waals surface area contributed by atoms with Crippen LogP contribution in [0.2, 0.25) is 0 Å².